The van der Waals surface area contributed by atoms with Crippen molar-refractivity contribution in [3.8, 4) is 11.3 Å². The molecule has 0 unspecified atom stereocenters. The van der Waals surface area contributed by atoms with Crippen molar-refractivity contribution in [2.24, 2.45) is 7.05 Å². The fourth-order valence-electron chi connectivity index (χ4n) is 2.42. The monoisotopic (exact) mass is 249 g/mol. The number of pyridine rings is 2. The van der Waals surface area contributed by atoms with Crippen LogP contribution in [0.2, 0.25) is 0 Å². The lowest BCUT2D eigenvalue weighted by Crippen LogP contribution is -1.89. The average Bonchev–Trinajstić information content (AvgIpc) is 3.03. The lowest BCUT2D eigenvalue weighted by atomic mass is 10.2. The van der Waals surface area contributed by atoms with Crippen LogP contribution in [0.25, 0.3) is 33.2 Å². The summed E-state index contributed by atoms with van der Waals surface area (Å²) in [6.45, 7) is 0. The minimum atomic E-state index is 0.870. The lowest BCUT2D eigenvalue weighted by Gasteiger charge is -1.94. The van der Waals surface area contributed by atoms with Gasteiger partial charge in [-0.25, -0.2) is 4.98 Å². The zero-order chi connectivity index (χ0) is 12.8. The fourth-order valence-corrected chi connectivity index (χ4v) is 2.42. The smallest absolute Gasteiger partial charge is 0.139 e. The summed E-state index contributed by atoms with van der Waals surface area (Å²) >= 11 is 0. The fraction of sp³-hybridized carbons (Fsp3) is 0.0714. The molecule has 0 bridgehead atoms. The average molecular weight is 249 g/mol. The van der Waals surface area contributed by atoms with Crippen LogP contribution in [-0.2, 0) is 7.05 Å². The molecule has 0 fully saturated rings. The van der Waals surface area contributed by atoms with Crippen LogP contribution in [0, 0.1) is 0 Å². The molecule has 0 aliphatic heterocycles. The minimum absolute atomic E-state index is 0.870. The highest BCUT2D eigenvalue weighted by atomic mass is 15.2. The van der Waals surface area contributed by atoms with Crippen LogP contribution in [-0.4, -0.2) is 24.7 Å². The molecule has 0 radical (unpaired) electrons. The molecule has 5 nitrogen and oxygen atoms in total. The summed E-state index contributed by atoms with van der Waals surface area (Å²) in [7, 11) is 1.94. The molecule has 0 atom stereocenters. The summed E-state index contributed by atoms with van der Waals surface area (Å²) in [5, 5.41) is 6.41. The van der Waals surface area contributed by atoms with Crippen LogP contribution in [0.5, 0.6) is 0 Å². The number of hydrogen-bond donors (Lipinski definition) is 1. The molecule has 4 rings (SSSR count). The van der Waals surface area contributed by atoms with E-state index in [9.17, 15) is 0 Å². The third-order valence-electron chi connectivity index (χ3n) is 3.32. The van der Waals surface area contributed by atoms with Crippen LogP contribution < -0.4 is 0 Å². The number of nitrogens with one attached hydrogen (secondary N) is 1. The van der Waals surface area contributed by atoms with Crippen molar-refractivity contribution in [2.45, 2.75) is 0 Å². The second-order valence-electron chi connectivity index (χ2n) is 4.52. The zero-order valence-corrected chi connectivity index (χ0v) is 10.3. The molecule has 4 aromatic heterocycles. The number of nitrogens with zero attached hydrogens (tertiary/aromatic N) is 4. The maximum absolute atomic E-state index is 4.44. The third kappa shape index (κ3) is 1.45. The molecule has 4 aromatic rings. The topological polar surface area (TPSA) is 59.4 Å². The van der Waals surface area contributed by atoms with Crippen molar-refractivity contribution >= 4 is 21.9 Å². The van der Waals surface area contributed by atoms with E-state index in [1.807, 2.05) is 42.5 Å². The van der Waals surface area contributed by atoms with Crippen LogP contribution in [0.15, 0.2) is 43.0 Å². The zero-order valence-electron chi connectivity index (χ0n) is 10.3. The summed E-state index contributed by atoms with van der Waals surface area (Å²) in [4.78, 5) is 11.9. The Morgan fingerprint density at radius 2 is 2.16 bits per heavy atom. The van der Waals surface area contributed by atoms with E-state index in [1.165, 1.54) is 0 Å². The number of H-pyrrole nitrogens is 1. The molecular weight excluding hydrogens is 238 g/mol. The van der Waals surface area contributed by atoms with Crippen molar-refractivity contribution in [3.63, 3.8) is 0 Å². The molecule has 0 saturated carbocycles. The molecule has 0 aliphatic rings. The largest absolute Gasteiger partial charge is 0.339 e. The first-order valence-corrected chi connectivity index (χ1v) is 6.03. The maximum atomic E-state index is 4.44. The molecule has 0 aliphatic carbocycles. The maximum Gasteiger partial charge on any atom is 0.139 e. The van der Waals surface area contributed by atoms with Gasteiger partial charge in [0.25, 0.3) is 0 Å². The molecule has 5 heteroatoms. The Kier molecular flexibility index (Phi) is 1.97. The first-order chi connectivity index (χ1) is 9.33. The quantitative estimate of drug-likeness (QED) is 0.564. The van der Waals surface area contributed by atoms with Crippen molar-refractivity contribution < 1.29 is 0 Å². The number of fused-ring (bicyclic) bond motifs is 3. The second kappa shape index (κ2) is 3.65. The molecule has 4 heterocycles. The van der Waals surface area contributed by atoms with Crippen LogP contribution >= 0.6 is 0 Å². The molecule has 1 N–H and O–H groups in total. The first-order valence-electron chi connectivity index (χ1n) is 6.03. The van der Waals surface area contributed by atoms with Crippen molar-refractivity contribution in [3.05, 3.63) is 43.0 Å². The van der Waals surface area contributed by atoms with Crippen molar-refractivity contribution in [1.82, 2.24) is 24.7 Å². The molecular formula is C14H11N5. The minimum Gasteiger partial charge on any atom is -0.339 e. The standard InChI is InChI=1S/C14H11N5/c1-19-13-10(8-17-19)7-16-14-11(13)5-12(18-14)9-3-2-4-15-6-9/h2-8H,1H3,(H,16,18). The van der Waals surface area contributed by atoms with E-state index in [1.54, 1.807) is 6.20 Å². The predicted octanol–water partition coefficient (Wildman–Crippen LogP) is 2.51. The van der Waals surface area contributed by atoms with Crippen LogP contribution in [0.1, 0.15) is 0 Å². The van der Waals surface area contributed by atoms with Gasteiger partial charge in [0.2, 0.25) is 0 Å². The number of aryl methyl sites for hydroxylation is 1. The van der Waals surface area contributed by atoms with Crippen molar-refractivity contribution in [2.75, 3.05) is 0 Å². The van der Waals surface area contributed by atoms with Gasteiger partial charge in [0.15, 0.2) is 0 Å². The van der Waals surface area contributed by atoms with E-state index in [2.05, 4.69) is 26.1 Å². The van der Waals surface area contributed by atoms with Gasteiger partial charge in [-0.15, -0.1) is 0 Å². The Morgan fingerprint density at radius 3 is 3.00 bits per heavy atom. The van der Waals surface area contributed by atoms with Gasteiger partial charge in [0.1, 0.15) is 5.65 Å². The van der Waals surface area contributed by atoms with Gasteiger partial charge in [-0.2, -0.15) is 5.10 Å². The second-order valence-corrected chi connectivity index (χ2v) is 4.52. The summed E-state index contributed by atoms with van der Waals surface area (Å²) in [5.74, 6) is 0. The van der Waals surface area contributed by atoms with Crippen LogP contribution in [0.3, 0.4) is 0 Å². The van der Waals surface area contributed by atoms with E-state index in [-0.39, 0.29) is 0 Å². The number of rotatable bonds is 1. The Hall–Kier alpha value is -2.69. The van der Waals surface area contributed by atoms with E-state index >= 15 is 0 Å². The normalized spacial score (nSPS) is 11.4. The van der Waals surface area contributed by atoms with E-state index < -0.39 is 0 Å². The third-order valence-corrected chi connectivity index (χ3v) is 3.32. The Bertz CT molecular complexity index is 873. The molecule has 0 aromatic carbocycles. The van der Waals surface area contributed by atoms with Gasteiger partial charge >= 0.3 is 0 Å². The lowest BCUT2D eigenvalue weighted by molar-refractivity contribution is 0.799. The summed E-state index contributed by atoms with van der Waals surface area (Å²) in [5.41, 5.74) is 4.03. The number of aromatic amines is 1. The van der Waals surface area contributed by atoms with Crippen molar-refractivity contribution in [1.29, 1.82) is 0 Å². The summed E-state index contributed by atoms with van der Waals surface area (Å²) in [6, 6.07) is 6.05. The molecule has 19 heavy (non-hydrogen) atoms. The highest BCUT2D eigenvalue weighted by molar-refractivity contribution is 6.04. The van der Waals surface area contributed by atoms with E-state index in [4.69, 9.17) is 0 Å². The van der Waals surface area contributed by atoms with Gasteiger partial charge in [-0.1, -0.05) is 0 Å². The Morgan fingerprint density at radius 1 is 1.21 bits per heavy atom. The van der Waals surface area contributed by atoms with Gasteiger partial charge in [-0.05, 0) is 18.2 Å². The van der Waals surface area contributed by atoms with E-state index in [0.29, 0.717) is 0 Å². The van der Waals surface area contributed by atoms with E-state index in [0.717, 1.165) is 33.2 Å². The molecule has 0 amide bonds. The highest BCUT2D eigenvalue weighted by Gasteiger charge is 2.10. The Labute approximate surface area is 108 Å². The highest BCUT2D eigenvalue weighted by Crippen LogP contribution is 2.27. The van der Waals surface area contributed by atoms with Gasteiger partial charge < -0.3 is 4.98 Å². The molecule has 92 valence electrons. The van der Waals surface area contributed by atoms with Gasteiger partial charge in [-0.3, -0.25) is 9.67 Å². The predicted molar refractivity (Wildman–Crippen MR) is 73.6 cm³/mol. The summed E-state index contributed by atoms with van der Waals surface area (Å²) in [6.07, 6.45) is 7.28. The molecule has 0 saturated heterocycles. The number of aromatic nitrogens is 5. The van der Waals surface area contributed by atoms with Gasteiger partial charge in [0, 0.05) is 47.7 Å². The first kappa shape index (κ1) is 10.3. The Balaban J connectivity index is 2.06. The number of hydrogen-bond acceptors (Lipinski definition) is 3. The van der Waals surface area contributed by atoms with Gasteiger partial charge in [0.05, 0.1) is 11.7 Å². The molecule has 0 spiro atoms. The SMILES string of the molecule is Cn1ncc2cnc3[nH]c(-c4cccnc4)cc3c21. The summed E-state index contributed by atoms with van der Waals surface area (Å²) < 4.78 is 1.88. The van der Waals surface area contributed by atoms with Crippen LogP contribution in [0.4, 0.5) is 0 Å².